The first-order chi connectivity index (χ1) is 19.9. The lowest BCUT2D eigenvalue weighted by molar-refractivity contribution is 0.0224. The molecule has 1 spiro atoms. The Morgan fingerprint density at radius 2 is 1.44 bits per heavy atom. The molecule has 0 radical (unpaired) electrons. The number of nitrogens with one attached hydrogen (secondary N) is 1. The predicted molar refractivity (Wildman–Crippen MR) is 142 cm³/mol. The van der Waals surface area contributed by atoms with Crippen LogP contribution in [0, 0.1) is 0 Å². The lowest BCUT2D eigenvalue weighted by Gasteiger charge is -2.36. The van der Waals surface area contributed by atoms with E-state index in [2.05, 4.69) is 25.7 Å². The second kappa shape index (κ2) is 9.12. The third-order valence-corrected chi connectivity index (χ3v) is 7.11. The number of carbonyl (C=O) groups excluding carboxylic acids is 2. The minimum absolute atomic E-state index is 0.0314. The molecule has 2 aliphatic rings. The number of hydrogen-bond acceptors (Lipinski definition) is 10. The van der Waals surface area contributed by atoms with Crippen molar-refractivity contribution in [1.29, 1.82) is 0 Å². The van der Waals surface area contributed by atoms with Gasteiger partial charge in [0, 0.05) is 46.5 Å². The highest BCUT2D eigenvalue weighted by molar-refractivity contribution is 6.01. The maximum Gasteiger partial charge on any atom is 0.340 e. The van der Waals surface area contributed by atoms with Crippen LogP contribution in [0.4, 0.5) is 0 Å². The Hall–Kier alpha value is -5.84. The average Bonchev–Trinajstić information content (AvgIpc) is 3.28. The fourth-order valence-electron chi connectivity index (χ4n) is 5.22. The van der Waals surface area contributed by atoms with Crippen molar-refractivity contribution in [3.8, 4) is 34.4 Å². The molecule has 3 heterocycles. The Morgan fingerprint density at radius 3 is 2.10 bits per heavy atom. The fraction of sp³-hybridized carbons (Fsp3) is 0.0667. The van der Waals surface area contributed by atoms with Crippen LogP contribution in [0.5, 0.6) is 23.0 Å². The molecule has 0 aliphatic carbocycles. The Balaban J connectivity index is 1.19. The van der Waals surface area contributed by atoms with Crippen LogP contribution in [0.2, 0.25) is 0 Å². The zero-order valence-electron chi connectivity index (χ0n) is 21.1. The summed E-state index contributed by atoms with van der Waals surface area (Å²) in [7, 11) is 0. The Kier molecular flexibility index (Phi) is 5.39. The van der Waals surface area contributed by atoms with Gasteiger partial charge in [0.15, 0.2) is 11.9 Å². The van der Waals surface area contributed by atoms with Crippen LogP contribution in [-0.2, 0) is 16.9 Å². The summed E-state index contributed by atoms with van der Waals surface area (Å²) in [6, 6.07) is 21.2. The van der Waals surface area contributed by atoms with Crippen molar-refractivity contribution in [2.45, 2.75) is 12.1 Å². The summed E-state index contributed by atoms with van der Waals surface area (Å²) in [6.07, 6.45) is 1.25. The molecule has 3 N–H and O–H groups in total. The minimum Gasteiger partial charge on any atom is -0.508 e. The van der Waals surface area contributed by atoms with Crippen molar-refractivity contribution >= 4 is 11.9 Å². The van der Waals surface area contributed by atoms with Gasteiger partial charge in [-0.3, -0.25) is 4.79 Å². The standard InChI is InChI=1S/C30H19N5O6/c36-19-6-9-23-25(12-19)40-26-13-20(37)7-10-24(26)30(23)22-8-5-18(11-21(22)29(39)41-30)28(38)31-14-16-1-3-17(4-2-16)27-34-32-15-33-35-27/h1-13,15,36-37H,14H2,(H,31,38). The van der Waals surface area contributed by atoms with E-state index in [4.69, 9.17) is 9.47 Å². The third-order valence-electron chi connectivity index (χ3n) is 7.11. The summed E-state index contributed by atoms with van der Waals surface area (Å²) >= 11 is 0. The van der Waals surface area contributed by atoms with E-state index in [9.17, 15) is 19.8 Å². The van der Waals surface area contributed by atoms with Gasteiger partial charge < -0.3 is 25.0 Å². The van der Waals surface area contributed by atoms with Gasteiger partial charge in [-0.1, -0.05) is 30.3 Å². The topological polar surface area (TPSA) is 157 Å². The van der Waals surface area contributed by atoms with Crippen molar-refractivity contribution in [2.75, 3.05) is 0 Å². The summed E-state index contributed by atoms with van der Waals surface area (Å²) in [5, 5.41) is 38.3. The van der Waals surface area contributed by atoms with E-state index in [0.29, 0.717) is 22.5 Å². The number of nitrogens with zero attached hydrogens (tertiary/aromatic N) is 4. The van der Waals surface area contributed by atoms with E-state index in [1.165, 1.54) is 36.7 Å². The third kappa shape index (κ3) is 3.90. The SMILES string of the molecule is O=C(NCc1ccc(-c2nncnn2)cc1)c1ccc2c(c1)C(=O)OC21c2ccc(O)cc2Oc2cc(O)ccc21. The van der Waals surface area contributed by atoms with Gasteiger partial charge >= 0.3 is 5.97 Å². The molecule has 4 aromatic carbocycles. The number of hydrogen-bond donors (Lipinski definition) is 3. The molecular weight excluding hydrogens is 526 g/mol. The second-order valence-electron chi connectivity index (χ2n) is 9.54. The lowest BCUT2D eigenvalue weighted by Crippen LogP contribution is -2.33. The van der Waals surface area contributed by atoms with Crippen LogP contribution in [0.25, 0.3) is 11.4 Å². The summed E-state index contributed by atoms with van der Waals surface area (Å²) in [4.78, 5) is 26.4. The molecule has 1 aromatic heterocycles. The molecule has 2 aliphatic heterocycles. The summed E-state index contributed by atoms with van der Waals surface area (Å²) in [5.41, 5.74) is 2.25. The quantitative estimate of drug-likeness (QED) is 0.284. The number of ether oxygens (including phenoxy) is 2. The highest BCUT2D eigenvalue weighted by Gasteiger charge is 2.53. The summed E-state index contributed by atoms with van der Waals surface area (Å²) in [5.74, 6) is -0.0854. The van der Waals surface area contributed by atoms with Crippen LogP contribution in [0.1, 0.15) is 43.0 Å². The van der Waals surface area contributed by atoms with Crippen molar-refractivity contribution in [3.63, 3.8) is 0 Å². The maximum absolute atomic E-state index is 13.3. The molecule has 0 bridgehead atoms. The predicted octanol–water partition coefficient (Wildman–Crippen LogP) is 3.84. The Morgan fingerprint density at radius 1 is 0.805 bits per heavy atom. The highest BCUT2D eigenvalue weighted by atomic mass is 16.6. The first-order valence-corrected chi connectivity index (χ1v) is 12.5. The molecule has 0 unspecified atom stereocenters. The van der Waals surface area contributed by atoms with Gasteiger partial charge in [0.1, 0.15) is 23.0 Å². The molecular formula is C30H19N5O6. The molecule has 0 atom stereocenters. The molecule has 0 fully saturated rings. The largest absolute Gasteiger partial charge is 0.508 e. The van der Waals surface area contributed by atoms with Crippen molar-refractivity contribution in [1.82, 2.24) is 25.7 Å². The Labute approximate surface area is 232 Å². The van der Waals surface area contributed by atoms with Crippen molar-refractivity contribution in [2.24, 2.45) is 0 Å². The smallest absolute Gasteiger partial charge is 0.340 e. The number of aromatic hydroxyl groups is 2. The second-order valence-corrected chi connectivity index (χ2v) is 9.54. The van der Waals surface area contributed by atoms with Gasteiger partial charge in [-0.05, 0) is 42.0 Å². The zero-order chi connectivity index (χ0) is 28.1. The average molecular weight is 546 g/mol. The van der Waals surface area contributed by atoms with Crippen molar-refractivity contribution < 1.29 is 29.3 Å². The molecule has 200 valence electrons. The molecule has 41 heavy (non-hydrogen) atoms. The molecule has 5 aromatic rings. The molecule has 11 heteroatoms. The number of fused-ring (bicyclic) bond motifs is 6. The number of amides is 1. The van der Waals surface area contributed by atoms with Gasteiger partial charge in [-0.15, -0.1) is 20.4 Å². The van der Waals surface area contributed by atoms with Gasteiger partial charge in [-0.25, -0.2) is 4.79 Å². The molecule has 0 saturated carbocycles. The molecule has 1 amide bonds. The van der Waals surface area contributed by atoms with Crippen LogP contribution in [0.3, 0.4) is 0 Å². The molecule has 11 nitrogen and oxygen atoms in total. The number of esters is 1. The first-order valence-electron chi connectivity index (χ1n) is 12.5. The number of rotatable bonds is 4. The summed E-state index contributed by atoms with van der Waals surface area (Å²) < 4.78 is 12.0. The van der Waals surface area contributed by atoms with Crippen molar-refractivity contribution in [3.05, 3.63) is 119 Å². The lowest BCUT2D eigenvalue weighted by atomic mass is 9.77. The zero-order valence-corrected chi connectivity index (χ0v) is 21.1. The van der Waals surface area contributed by atoms with Gasteiger partial charge in [0.05, 0.1) is 5.56 Å². The minimum atomic E-state index is -1.39. The van der Waals surface area contributed by atoms with Crippen LogP contribution in [-0.4, -0.2) is 42.5 Å². The monoisotopic (exact) mass is 545 g/mol. The number of carbonyl (C=O) groups is 2. The molecule has 0 saturated heterocycles. The number of phenolic OH excluding ortho intramolecular Hbond substituents is 2. The van der Waals surface area contributed by atoms with Gasteiger partial charge in [0.25, 0.3) is 5.91 Å². The number of benzene rings is 4. The van der Waals surface area contributed by atoms with Gasteiger partial charge in [-0.2, -0.15) is 0 Å². The van der Waals surface area contributed by atoms with Gasteiger partial charge in [0.2, 0.25) is 5.82 Å². The van der Waals surface area contributed by atoms with E-state index in [-0.39, 0.29) is 46.6 Å². The first kappa shape index (κ1) is 24.2. The highest BCUT2D eigenvalue weighted by Crippen LogP contribution is 2.57. The maximum atomic E-state index is 13.3. The summed E-state index contributed by atoms with van der Waals surface area (Å²) in [6.45, 7) is 0.252. The van der Waals surface area contributed by atoms with Crippen LogP contribution >= 0.6 is 0 Å². The van der Waals surface area contributed by atoms with Crippen LogP contribution < -0.4 is 10.1 Å². The van der Waals surface area contributed by atoms with E-state index in [1.54, 1.807) is 24.3 Å². The Bertz CT molecular complexity index is 1810. The normalized spacial score (nSPS) is 13.9. The van der Waals surface area contributed by atoms with E-state index >= 15 is 0 Å². The number of aromatic nitrogens is 4. The fourth-order valence-corrected chi connectivity index (χ4v) is 5.22. The van der Waals surface area contributed by atoms with E-state index in [1.807, 2.05) is 24.3 Å². The van der Waals surface area contributed by atoms with E-state index in [0.717, 1.165) is 11.1 Å². The number of phenols is 2. The van der Waals surface area contributed by atoms with E-state index < -0.39 is 11.6 Å². The van der Waals surface area contributed by atoms with Crippen LogP contribution in [0.15, 0.2) is 85.2 Å². The molecule has 7 rings (SSSR count).